The number of carbonyl (C=O) groups excluding carboxylic acids is 1. The Morgan fingerprint density at radius 1 is 1.23 bits per heavy atom. The van der Waals surface area contributed by atoms with Crippen molar-refractivity contribution in [2.24, 2.45) is 13.0 Å². The highest BCUT2D eigenvalue weighted by Gasteiger charge is 2.30. The van der Waals surface area contributed by atoms with Crippen molar-refractivity contribution >= 4 is 34.7 Å². The molecule has 1 atom stereocenters. The van der Waals surface area contributed by atoms with Crippen LogP contribution in [0.2, 0.25) is 0 Å². The topological polar surface area (TPSA) is 141 Å². The molecule has 39 heavy (non-hydrogen) atoms. The molecule has 4 heterocycles. The number of aryl methyl sites for hydroxylation is 1. The van der Waals surface area contributed by atoms with Gasteiger partial charge in [0.2, 0.25) is 11.9 Å². The zero-order valence-electron chi connectivity index (χ0n) is 23.0. The second kappa shape index (κ2) is 10.2. The van der Waals surface area contributed by atoms with E-state index in [1.807, 2.05) is 22.4 Å². The Hall–Kier alpha value is -4.19. The van der Waals surface area contributed by atoms with E-state index in [2.05, 4.69) is 51.5 Å². The molecule has 12 nitrogen and oxygen atoms in total. The lowest BCUT2D eigenvalue weighted by atomic mass is 9.92. The third-order valence-electron chi connectivity index (χ3n) is 6.41. The molecule has 0 bridgehead atoms. The minimum absolute atomic E-state index is 0.0273. The molecule has 0 unspecified atom stereocenters. The maximum atomic E-state index is 12.1. The highest BCUT2D eigenvalue weighted by atomic mass is 16.5. The van der Waals surface area contributed by atoms with Crippen LogP contribution in [0.4, 0.5) is 17.6 Å². The second-order valence-corrected chi connectivity index (χ2v) is 10.9. The summed E-state index contributed by atoms with van der Waals surface area (Å²) in [7, 11) is 3.41. The fraction of sp³-hybridized carbons (Fsp3) is 0.444. The number of aliphatic hydroxyl groups is 1. The minimum Gasteiger partial charge on any atom is -0.491 e. The lowest BCUT2D eigenvalue weighted by Gasteiger charge is -2.20. The number of rotatable bonds is 9. The van der Waals surface area contributed by atoms with Crippen molar-refractivity contribution in [1.82, 2.24) is 29.3 Å². The van der Waals surface area contributed by atoms with Gasteiger partial charge in [-0.15, -0.1) is 0 Å². The number of pyridine rings is 2. The Morgan fingerprint density at radius 2 is 2.00 bits per heavy atom. The van der Waals surface area contributed by atoms with E-state index >= 15 is 0 Å². The van der Waals surface area contributed by atoms with Crippen LogP contribution in [-0.4, -0.2) is 53.5 Å². The fourth-order valence-corrected chi connectivity index (χ4v) is 4.33. The van der Waals surface area contributed by atoms with Crippen LogP contribution in [0.15, 0.2) is 30.6 Å². The number of nitrogens with one attached hydrogen (secondary N) is 2. The first-order valence-corrected chi connectivity index (χ1v) is 12.9. The van der Waals surface area contributed by atoms with Gasteiger partial charge in [-0.05, 0) is 25.8 Å². The Bertz CT molecular complexity index is 1510. The van der Waals surface area contributed by atoms with E-state index < -0.39 is 6.10 Å². The number of nitrogens with zero attached hydrogens (tertiary/aromatic N) is 6. The number of aliphatic hydroxyl groups excluding tert-OH is 1. The Balaban J connectivity index is 1.43. The zero-order valence-corrected chi connectivity index (χ0v) is 23.0. The van der Waals surface area contributed by atoms with E-state index in [4.69, 9.17) is 9.47 Å². The van der Waals surface area contributed by atoms with Crippen molar-refractivity contribution < 1.29 is 19.4 Å². The highest BCUT2D eigenvalue weighted by Crippen LogP contribution is 2.38. The van der Waals surface area contributed by atoms with Crippen LogP contribution in [0.25, 0.3) is 11.2 Å². The number of fused-ring (bicyclic) bond motifs is 1. The maximum Gasteiger partial charge on any atom is 0.228 e. The Kier molecular flexibility index (Phi) is 6.89. The molecule has 4 aromatic heterocycles. The molecule has 0 radical (unpaired) electrons. The van der Waals surface area contributed by atoms with Crippen molar-refractivity contribution in [3.8, 4) is 17.2 Å². The van der Waals surface area contributed by atoms with Crippen LogP contribution in [0.3, 0.4) is 0 Å². The van der Waals surface area contributed by atoms with E-state index in [1.165, 1.54) is 0 Å². The van der Waals surface area contributed by atoms with E-state index in [0.717, 1.165) is 18.5 Å². The Labute approximate surface area is 226 Å². The third kappa shape index (κ3) is 5.65. The quantitative estimate of drug-likeness (QED) is 0.289. The van der Waals surface area contributed by atoms with Gasteiger partial charge in [-0.1, -0.05) is 20.8 Å². The zero-order chi connectivity index (χ0) is 27.9. The number of amides is 1. The molecule has 1 saturated carbocycles. The van der Waals surface area contributed by atoms with Gasteiger partial charge in [0, 0.05) is 42.4 Å². The summed E-state index contributed by atoms with van der Waals surface area (Å²) in [6, 6.07) is 5.32. The van der Waals surface area contributed by atoms with Crippen molar-refractivity contribution in [2.75, 3.05) is 17.7 Å². The molecular formula is C27H34N8O4. The molecule has 0 saturated heterocycles. The van der Waals surface area contributed by atoms with Gasteiger partial charge in [0.05, 0.1) is 26.0 Å². The van der Waals surface area contributed by atoms with Crippen LogP contribution >= 0.6 is 0 Å². The Morgan fingerprint density at radius 3 is 2.67 bits per heavy atom. The molecular weight excluding hydrogens is 500 g/mol. The number of imidazole rings is 1. The maximum absolute atomic E-state index is 12.1. The molecule has 1 aliphatic carbocycles. The highest BCUT2D eigenvalue weighted by molar-refractivity contribution is 5.93. The average Bonchev–Trinajstić information content (AvgIpc) is 3.57. The first-order chi connectivity index (χ1) is 18.5. The lowest BCUT2D eigenvalue weighted by molar-refractivity contribution is -0.117. The van der Waals surface area contributed by atoms with Crippen LogP contribution in [0.1, 0.15) is 46.2 Å². The molecule has 0 aliphatic heterocycles. The SMILES string of the molecule is COc1c(Oc2ccnc(NC(=O)C3CC3)c2)cnc2nc(Nc3cc(C(C)(C)C)n(C[C@@H](C)O)n3)n(C)c12. The van der Waals surface area contributed by atoms with E-state index in [-0.39, 0.29) is 17.2 Å². The van der Waals surface area contributed by atoms with Crippen LogP contribution in [0.5, 0.6) is 17.2 Å². The van der Waals surface area contributed by atoms with Gasteiger partial charge in [-0.25, -0.2) is 9.97 Å². The van der Waals surface area contributed by atoms with Gasteiger partial charge in [0.1, 0.15) is 17.1 Å². The third-order valence-corrected chi connectivity index (χ3v) is 6.41. The monoisotopic (exact) mass is 534 g/mol. The lowest BCUT2D eigenvalue weighted by Crippen LogP contribution is -2.22. The standard InChI is InChI=1S/C27H34N8O4/c1-15(36)14-35-19(27(2,3)4)12-21(33-35)31-26-32-24-22(34(26)5)23(38-6)18(13-29-24)39-17-9-10-28-20(11-17)30-25(37)16-7-8-16/h9-13,15-16,36H,7-8,14H2,1-6H3,(H,28,30,37)(H,29,31,32,33)/t15-/m1/s1. The second-order valence-electron chi connectivity index (χ2n) is 10.9. The molecule has 1 amide bonds. The van der Waals surface area contributed by atoms with Gasteiger partial charge >= 0.3 is 0 Å². The number of hydrogen-bond acceptors (Lipinski definition) is 9. The van der Waals surface area contributed by atoms with Crippen molar-refractivity contribution in [2.45, 2.75) is 58.6 Å². The summed E-state index contributed by atoms with van der Waals surface area (Å²) < 4.78 is 15.5. The van der Waals surface area contributed by atoms with E-state index in [9.17, 15) is 9.90 Å². The summed E-state index contributed by atoms with van der Waals surface area (Å²) in [5.41, 5.74) is 1.92. The van der Waals surface area contributed by atoms with Gasteiger partial charge in [-0.2, -0.15) is 10.1 Å². The summed E-state index contributed by atoms with van der Waals surface area (Å²) >= 11 is 0. The van der Waals surface area contributed by atoms with Crippen LogP contribution in [-0.2, 0) is 23.8 Å². The van der Waals surface area contributed by atoms with Crippen molar-refractivity contribution in [1.29, 1.82) is 0 Å². The number of anilines is 3. The normalized spacial score (nSPS) is 14.3. The molecule has 0 spiro atoms. The van der Waals surface area contributed by atoms with Gasteiger partial charge in [0.25, 0.3) is 0 Å². The number of methoxy groups -OCH3 is 1. The first kappa shape index (κ1) is 26.4. The molecule has 3 N–H and O–H groups in total. The van der Waals surface area contributed by atoms with Gasteiger partial charge in [-0.3, -0.25) is 9.48 Å². The van der Waals surface area contributed by atoms with E-state index in [0.29, 0.717) is 52.5 Å². The van der Waals surface area contributed by atoms with Crippen LogP contribution < -0.4 is 20.1 Å². The van der Waals surface area contributed by atoms with Crippen molar-refractivity contribution in [3.63, 3.8) is 0 Å². The molecule has 12 heteroatoms. The predicted molar refractivity (Wildman–Crippen MR) is 147 cm³/mol. The number of aromatic nitrogens is 6. The minimum atomic E-state index is -0.535. The van der Waals surface area contributed by atoms with Crippen molar-refractivity contribution in [3.05, 3.63) is 36.3 Å². The molecule has 1 aliphatic rings. The first-order valence-electron chi connectivity index (χ1n) is 12.9. The average molecular weight is 535 g/mol. The molecule has 5 rings (SSSR count). The summed E-state index contributed by atoms with van der Waals surface area (Å²) in [6.07, 6.45) is 4.41. The smallest absolute Gasteiger partial charge is 0.228 e. The fourth-order valence-electron chi connectivity index (χ4n) is 4.33. The predicted octanol–water partition coefficient (Wildman–Crippen LogP) is 4.13. The summed E-state index contributed by atoms with van der Waals surface area (Å²) in [5, 5.41) is 20.7. The summed E-state index contributed by atoms with van der Waals surface area (Å²) in [5.74, 6) is 2.92. The van der Waals surface area contributed by atoms with E-state index in [1.54, 1.807) is 38.6 Å². The number of carbonyl (C=O) groups is 1. The summed E-state index contributed by atoms with van der Waals surface area (Å²) in [4.78, 5) is 25.5. The van der Waals surface area contributed by atoms with Gasteiger partial charge < -0.3 is 29.8 Å². The molecule has 4 aromatic rings. The summed E-state index contributed by atoms with van der Waals surface area (Å²) in [6.45, 7) is 8.43. The molecule has 1 fully saturated rings. The molecule has 206 valence electrons. The molecule has 0 aromatic carbocycles. The van der Waals surface area contributed by atoms with Crippen LogP contribution in [0, 0.1) is 5.92 Å². The number of hydrogen-bond donors (Lipinski definition) is 3. The largest absolute Gasteiger partial charge is 0.491 e. The number of ether oxygens (including phenoxy) is 2. The van der Waals surface area contributed by atoms with Gasteiger partial charge in [0.15, 0.2) is 23.0 Å².